The third-order valence-corrected chi connectivity index (χ3v) is 4.74. The molecule has 0 unspecified atom stereocenters. The molecule has 2 amide bonds. The molecule has 7 heteroatoms. The summed E-state index contributed by atoms with van der Waals surface area (Å²) in [7, 11) is 0. The highest BCUT2D eigenvalue weighted by atomic mass is 32.2. The number of nitrogens with zero attached hydrogens (tertiary/aromatic N) is 1. The van der Waals surface area contributed by atoms with Crippen molar-refractivity contribution < 1.29 is 19.5 Å². The summed E-state index contributed by atoms with van der Waals surface area (Å²) in [5.41, 5.74) is -0.806. The average molecular weight is 286 g/mol. The minimum absolute atomic E-state index is 0.0293. The van der Waals surface area contributed by atoms with Crippen LogP contribution in [0.3, 0.4) is 0 Å². The lowest BCUT2D eigenvalue weighted by atomic mass is 9.86. The Morgan fingerprint density at radius 2 is 2.05 bits per heavy atom. The fourth-order valence-electron chi connectivity index (χ4n) is 2.56. The Bertz CT molecular complexity index is 393. The van der Waals surface area contributed by atoms with Crippen LogP contribution in [0, 0.1) is 5.41 Å². The normalized spacial score (nSPS) is 21.7. The van der Waals surface area contributed by atoms with Gasteiger partial charge in [-0.2, -0.15) is 0 Å². The molecule has 0 aromatic heterocycles. The molecule has 2 N–H and O–H groups in total. The topological polar surface area (TPSA) is 86.7 Å². The van der Waals surface area contributed by atoms with E-state index in [0.29, 0.717) is 24.5 Å². The highest BCUT2D eigenvalue weighted by Crippen LogP contribution is 2.37. The first-order valence-electron chi connectivity index (χ1n) is 6.39. The zero-order valence-corrected chi connectivity index (χ0v) is 11.5. The largest absolute Gasteiger partial charge is 0.481 e. The maximum absolute atomic E-state index is 11.8. The van der Waals surface area contributed by atoms with Crippen molar-refractivity contribution in [1.82, 2.24) is 10.2 Å². The van der Waals surface area contributed by atoms with E-state index in [1.165, 1.54) is 16.7 Å². The molecule has 1 saturated heterocycles. The van der Waals surface area contributed by atoms with Gasteiger partial charge in [0.1, 0.15) is 6.54 Å². The van der Waals surface area contributed by atoms with Gasteiger partial charge in [-0.05, 0) is 12.8 Å². The minimum Gasteiger partial charge on any atom is -0.481 e. The molecular formula is C12H18N2O4S. The smallest absolute Gasteiger partial charge is 0.311 e. The summed E-state index contributed by atoms with van der Waals surface area (Å²) in [4.78, 5) is 35.9. The van der Waals surface area contributed by atoms with Crippen LogP contribution in [0.4, 0.5) is 0 Å². The van der Waals surface area contributed by atoms with Crippen molar-refractivity contribution in [3.05, 3.63) is 0 Å². The highest BCUT2D eigenvalue weighted by Gasteiger charge is 2.41. The van der Waals surface area contributed by atoms with Gasteiger partial charge in [-0.3, -0.25) is 14.4 Å². The van der Waals surface area contributed by atoms with Gasteiger partial charge in [0, 0.05) is 6.54 Å². The van der Waals surface area contributed by atoms with Crippen LogP contribution < -0.4 is 5.32 Å². The van der Waals surface area contributed by atoms with Gasteiger partial charge in [0.2, 0.25) is 11.8 Å². The summed E-state index contributed by atoms with van der Waals surface area (Å²) in [5, 5.41) is 12.0. The number of carboxylic acid groups (broad SMARTS) is 1. The first-order valence-corrected chi connectivity index (χ1v) is 7.55. The Balaban J connectivity index is 1.82. The van der Waals surface area contributed by atoms with Crippen LogP contribution in [0.15, 0.2) is 0 Å². The maximum atomic E-state index is 11.8. The van der Waals surface area contributed by atoms with E-state index in [4.69, 9.17) is 0 Å². The predicted octanol–water partition coefficient (Wildman–Crippen LogP) is 0.280. The van der Waals surface area contributed by atoms with E-state index in [0.717, 1.165) is 12.8 Å². The molecule has 106 valence electrons. The van der Waals surface area contributed by atoms with Crippen LogP contribution in [-0.2, 0) is 14.4 Å². The molecule has 6 nitrogen and oxygen atoms in total. The standard InChI is InChI=1S/C12H18N2O4S/c15-9(5-14-8-19-6-10(14)16)13-7-12(11(17)18)3-1-2-4-12/h1-8H2,(H,13,15)(H,17,18). The van der Waals surface area contributed by atoms with E-state index in [2.05, 4.69) is 5.32 Å². The molecule has 0 atom stereocenters. The van der Waals surface area contributed by atoms with Crippen LogP contribution in [0.1, 0.15) is 25.7 Å². The second-order valence-corrected chi connectivity index (χ2v) is 6.09. The minimum atomic E-state index is -0.835. The zero-order valence-electron chi connectivity index (χ0n) is 10.7. The van der Waals surface area contributed by atoms with E-state index in [1.807, 2.05) is 0 Å². The van der Waals surface area contributed by atoms with E-state index in [-0.39, 0.29) is 24.9 Å². The molecule has 1 aliphatic heterocycles. The first kappa shape index (κ1) is 14.2. The van der Waals surface area contributed by atoms with Crippen LogP contribution >= 0.6 is 11.8 Å². The molecule has 1 saturated carbocycles. The monoisotopic (exact) mass is 286 g/mol. The second-order valence-electron chi connectivity index (χ2n) is 5.14. The zero-order chi connectivity index (χ0) is 13.9. The number of hydrogen-bond acceptors (Lipinski definition) is 4. The molecule has 1 heterocycles. The maximum Gasteiger partial charge on any atom is 0.311 e. The SMILES string of the molecule is O=C(CN1CSCC1=O)NCC1(C(=O)O)CCCC1. The van der Waals surface area contributed by atoms with Gasteiger partial charge < -0.3 is 15.3 Å². The number of carbonyl (C=O) groups is 3. The summed E-state index contributed by atoms with van der Waals surface area (Å²) in [6.07, 6.45) is 3.01. The number of thioether (sulfide) groups is 1. The molecule has 1 aliphatic carbocycles. The van der Waals surface area contributed by atoms with Crippen molar-refractivity contribution in [2.75, 3.05) is 24.7 Å². The number of rotatable bonds is 5. The van der Waals surface area contributed by atoms with Crippen LogP contribution in [0.25, 0.3) is 0 Å². The van der Waals surface area contributed by atoms with Crippen molar-refractivity contribution >= 4 is 29.5 Å². The summed E-state index contributed by atoms with van der Waals surface area (Å²) < 4.78 is 0. The fourth-order valence-corrected chi connectivity index (χ4v) is 3.46. The van der Waals surface area contributed by atoms with E-state index < -0.39 is 11.4 Å². The van der Waals surface area contributed by atoms with E-state index in [1.54, 1.807) is 0 Å². The number of amides is 2. The molecule has 0 bridgehead atoms. The third kappa shape index (κ3) is 3.20. The number of nitrogens with one attached hydrogen (secondary N) is 1. The van der Waals surface area contributed by atoms with E-state index >= 15 is 0 Å². The molecular weight excluding hydrogens is 268 g/mol. The van der Waals surface area contributed by atoms with Crippen molar-refractivity contribution in [1.29, 1.82) is 0 Å². The fraction of sp³-hybridized carbons (Fsp3) is 0.750. The summed E-state index contributed by atoms with van der Waals surface area (Å²) in [6, 6.07) is 0. The van der Waals surface area contributed by atoms with Gasteiger partial charge >= 0.3 is 5.97 Å². The summed E-state index contributed by atoms with van der Waals surface area (Å²) in [6.45, 7) is 0.192. The van der Waals surface area contributed by atoms with Gasteiger partial charge in [0.15, 0.2) is 0 Å². The second kappa shape index (κ2) is 5.81. The number of carbonyl (C=O) groups excluding carboxylic acids is 2. The Morgan fingerprint density at radius 1 is 1.37 bits per heavy atom. The molecule has 2 aliphatic rings. The Kier molecular flexibility index (Phi) is 4.34. The molecule has 0 spiro atoms. The Morgan fingerprint density at radius 3 is 2.58 bits per heavy atom. The summed E-state index contributed by atoms with van der Waals surface area (Å²) in [5.74, 6) is -0.182. The Hall–Kier alpha value is -1.24. The molecule has 2 rings (SSSR count). The summed E-state index contributed by atoms with van der Waals surface area (Å²) >= 11 is 1.48. The number of hydrogen-bond donors (Lipinski definition) is 2. The molecule has 2 fully saturated rings. The van der Waals surface area contributed by atoms with Gasteiger partial charge in [0.05, 0.1) is 17.0 Å². The van der Waals surface area contributed by atoms with Crippen LogP contribution in [0.5, 0.6) is 0 Å². The number of aliphatic carboxylic acids is 1. The van der Waals surface area contributed by atoms with Gasteiger partial charge in [-0.15, -0.1) is 11.8 Å². The third-order valence-electron chi connectivity index (χ3n) is 3.80. The Labute approximate surface area is 115 Å². The molecule has 0 aromatic rings. The highest BCUT2D eigenvalue weighted by molar-refractivity contribution is 8.00. The molecule has 0 radical (unpaired) electrons. The van der Waals surface area contributed by atoms with Crippen molar-refractivity contribution in [3.8, 4) is 0 Å². The van der Waals surface area contributed by atoms with E-state index in [9.17, 15) is 19.5 Å². The van der Waals surface area contributed by atoms with Crippen molar-refractivity contribution in [3.63, 3.8) is 0 Å². The van der Waals surface area contributed by atoms with Crippen LogP contribution in [-0.4, -0.2) is 52.5 Å². The first-order chi connectivity index (χ1) is 9.03. The van der Waals surface area contributed by atoms with Gasteiger partial charge in [0.25, 0.3) is 0 Å². The number of carboxylic acids is 1. The van der Waals surface area contributed by atoms with Crippen LogP contribution in [0.2, 0.25) is 0 Å². The predicted molar refractivity (Wildman–Crippen MR) is 70.6 cm³/mol. The lowest BCUT2D eigenvalue weighted by Gasteiger charge is -2.24. The average Bonchev–Trinajstić information content (AvgIpc) is 2.98. The lowest BCUT2D eigenvalue weighted by Crippen LogP contribution is -2.45. The lowest BCUT2D eigenvalue weighted by molar-refractivity contribution is -0.148. The molecule has 0 aromatic carbocycles. The van der Waals surface area contributed by atoms with Crippen molar-refractivity contribution in [2.24, 2.45) is 5.41 Å². The quantitative estimate of drug-likeness (QED) is 0.758. The van der Waals surface area contributed by atoms with Crippen molar-refractivity contribution in [2.45, 2.75) is 25.7 Å². The van der Waals surface area contributed by atoms with Gasteiger partial charge in [-0.25, -0.2) is 0 Å². The molecule has 19 heavy (non-hydrogen) atoms. The van der Waals surface area contributed by atoms with Gasteiger partial charge in [-0.1, -0.05) is 12.8 Å².